The smallest absolute Gasteiger partial charge is 0.0440 e. The van der Waals surface area contributed by atoms with Crippen LogP contribution in [0.3, 0.4) is 0 Å². The van der Waals surface area contributed by atoms with Crippen molar-refractivity contribution in [3.05, 3.63) is 70.2 Å². The van der Waals surface area contributed by atoms with E-state index in [0.29, 0.717) is 0 Å². The summed E-state index contributed by atoms with van der Waals surface area (Å²) in [7, 11) is 0. The quantitative estimate of drug-likeness (QED) is 0.548. The van der Waals surface area contributed by atoms with Gasteiger partial charge in [0.2, 0.25) is 0 Å². The van der Waals surface area contributed by atoms with Crippen molar-refractivity contribution in [1.82, 2.24) is 0 Å². The highest BCUT2D eigenvalue weighted by Crippen LogP contribution is 2.20. The second-order valence-electron chi connectivity index (χ2n) is 5.49. The molecular weight excluding hydrogens is 264 g/mol. The normalized spacial score (nSPS) is 10.7. The fourth-order valence-corrected chi connectivity index (χ4v) is 2.83. The Morgan fingerprint density at radius 1 is 0.800 bits per heavy atom. The van der Waals surface area contributed by atoms with Gasteiger partial charge in [-0.1, -0.05) is 66.9 Å². The first-order chi connectivity index (χ1) is 9.75. The number of unbranched alkanes of at least 4 members (excludes halogenated alkanes) is 3. The molecule has 0 bridgehead atoms. The first-order valence-electron chi connectivity index (χ1n) is 7.54. The highest BCUT2D eigenvalue weighted by molar-refractivity contribution is 6.31. The standard InChI is InChI=1S/C19H23Cl/c1-16-13-14-18(19(20)15-16)12-8-3-2-5-9-17-10-6-4-7-11-17/h4,6-7,10-11,13-15H,2-3,5,8-9,12H2,1H3. The minimum atomic E-state index is 0.925. The number of hydrogen-bond donors (Lipinski definition) is 0. The summed E-state index contributed by atoms with van der Waals surface area (Å²) >= 11 is 6.25. The van der Waals surface area contributed by atoms with E-state index >= 15 is 0 Å². The van der Waals surface area contributed by atoms with Crippen LogP contribution in [0.4, 0.5) is 0 Å². The maximum Gasteiger partial charge on any atom is 0.0440 e. The predicted octanol–water partition coefficient (Wildman–Crippen LogP) is 5.99. The minimum absolute atomic E-state index is 0.925. The number of hydrogen-bond acceptors (Lipinski definition) is 0. The molecule has 106 valence electrons. The van der Waals surface area contributed by atoms with Gasteiger partial charge in [-0.05, 0) is 55.4 Å². The maximum atomic E-state index is 6.25. The summed E-state index contributed by atoms with van der Waals surface area (Å²) < 4.78 is 0. The molecule has 0 saturated carbocycles. The third kappa shape index (κ3) is 5.02. The van der Waals surface area contributed by atoms with Crippen molar-refractivity contribution in [3.8, 4) is 0 Å². The molecular formula is C19H23Cl. The Bertz CT molecular complexity index is 517. The molecule has 0 aromatic heterocycles. The van der Waals surface area contributed by atoms with E-state index in [4.69, 9.17) is 11.6 Å². The van der Waals surface area contributed by atoms with Gasteiger partial charge in [0.15, 0.2) is 0 Å². The van der Waals surface area contributed by atoms with Crippen LogP contribution in [0.1, 0.15) is 42.4 Å². The number of benzene rings is 2. The van der Waals surface area contributed by atoms with Crippen LogP contribution in [-0.2, 0) is 12.8 Å². The van der Waals surface area contributed by atoms with Gasteiger partial charge >= 0.3 is 0 Å². The third-order valence-corrected chi connectivity index (χ3v) is 4.06. The van der Waals surface area contributed by atoms with Crippen molar-refractivity contribution in [2.45, 2.75) is 45.4 Å². The van der Waals surface area contributed by atoms with Crippen molar-refractivity contribution in [1.29, 1.82) is 0 Å². The van der Waals surface area contributed by atoms with Gasteiger partial charge in [-0.15, -0.1) is 0 Å². The molecule has 0 heterocycles. The van der Waals surface area contributed by atoms with Gasteiger partial charge in [-0.2, -0.15) is 0 Å². The molecule has 2 aromatic rings. The number of aryl methyl sites for hydroxylation is 3. The Hall–Kier alpha value is -1.27. The molecule has 0 radical (unpaired) electrons. The molecule has 0 saturated heterocycles. The van der Waals surface area contributed by atoms with Crippen LogP contribution in [0.15, 0.2) is 48.5 Å². The predicted molar refractivity (Wildman–Crippen MR) is 88.5 cm³/mol. The number of rotatable bonds is 7. The Morgan fingerprint density at radius 2 is 1.50 bits per heavy atom. The molecule has 0 N–H and O–H groups in total. The molecule has 0 spiro atoms. The van der Waals surface area contributed by atoms with Crippen molar-refractivity contribution in [2.24, 2.45) is 0 Å². The van der Waals surface area contributed by atoms with Gasteiger partial charge in [0.05, 0.1) is 0 Å². The van der Waals surface area contributed by atoms with Gasteiger partial charge in [-0.3, -0.25) is 0 Å². The summed E-state index contributed by atoms with van der Waals surface area (Å²) in [4.78, 5) is 0. The van der Waals surface area contributed by atoms with Crippen molar-refractivity contribution >= 4 is 11.6 Å². The van der Waals surface area contributed by atoms with Crippen LogP contribution < -0.4 is 0 Å². The molecule has 0 unspecified atom stereocenters. The van der Waals surface area contributed by atoms with E-state index in [2.05, 4.69) is 55.5 Å². The molecule has 0 nitrogen and oxygen atoms in total. The first kappa shape index (κ1) is 15.1. The van der Waals surface area contributed by atoms with Crippen LogP contribution in [0.25, 0.3) is 0 Å². The van der Waals surface area contributed by atoms with E-state index in [1.807, 2.05) is 0 Å². The van der Waals surface area contributed by atoms with Crippen molar-refractivity contribution in [3.63, 3.8) is 0 Å². The van der Waals surface area contributed by atoms with Crippen LogP contribution >= 0.6 is 11.6 Å². The van der Waals surface area contributed by atoms with E-state index in [1.54, 1.807) is 0 Å². The molecule has 2 rings (SSSR count). The topological polar surface area (TPSA) is 0 Å². The average molecular weight is 287 g/mol. The lowest BCUT2D eigenvalue weighted by Crippen LogP contribution is -1.90. The molecule has 0 fully saturated rings. The van der Waals surface area contributed by atoms with Crippen LogP contribution in [0.2, 0.25) is 5.02 Å². The lowest BCUT2D eigenvalue weighted by atomic mass is 10.0. The van der Waals surface area contributed by atoms with Crippen molar-refractivity contribution in [2.75, 3.05) is 0 Å². The molecule has 0 aliphatic rings. The zero-order valence-corrected chi connectivity index (χ0v) is 13.0. The maximum absolute atomic E-state index is 6.25. The lowest BCUT2D eigenvalue weighted by molar-refractivity contribution is 0.640. The van der Waals surface area contributed by atoms with E-state index in [-0.39, 0.29) is 0 Å². The van der Waals surface area contributed by atoms with Gasteiger partial charge in [0.25, 0.3) is 0 Å². The second kappa shape index (κ2) is 8.11. The lowest BCUT2D eigenvalue weighted by Gasteiger charge is -2.05. The van der Waals surface area contributed by atoms with E-state index < -0.39 is 0 Å². The summed E-state index contributed by atoms with van der Waals surface area (Å²) in [5.74, 6) is 0. The monoisotopic (exact) mass is 286 g/mol. The Balaban J connectivity index is 1.62. The molecule has 0 amide bonds. The van der Waals surface area contributed by atoms with Gasteiger partial charge < -0.3 is 0 Å². The molecule has 0 aliphatic carbocycles. The zero-order valence-electron chi connectivity index (χ0n) is 12.2. The van der Waals surface area contributed by atoms with E-state index in [1.165, 1.54) is 48.8 Å². The minimum Gasteiger partial charge on any atom is -0.0840 e. The Morgan fingerprint density at radius 3 is 2.20 bits per heavy atom. The Kier molecular flexibility index (Phi) is 6.14. The number of halogens is 1. The summed E-state index contributed by atoms with van der Waals surface area (Å²) in [6.45, 7) is 2.08. The fourth-order valence-electron chi connectivity index (χ4n) is 2.50. The summed E-state index contributed by atoms with van der Waals surface area (Å²) in [5.41, 5.74) is 3.98. The van der Waals surface area contributed by atoms with E-state index in [0.717, 1.165) is 11.4 Å². The summed E-state index contributed by atoms with van der Waals surface area (Å²) in [6, 6.07) is 17.1. The average Bonchev–Trinajstić information content (AvgIpc) is 2.46. The van der Waals surface area contributed by atoms with Crippen LogP contribution in [-0.4, -0.2) is 0 Å². The molecule has 1 heteroatoms. The Labute approximate surface area is 127 Å². The SMILES string of the molecule is Cc1ccc(CCCCCCc2ccccc2)c(Cl)c1. The molecule has 20 heavy (non-hydrogen) atoms. The van der Waals surface area contributed by atoms with Crippen molar-refractivity contribution < 1.29 is 0 Å². The molecule has 0 aliphatic heterocycles. The van der Waals surface area contributed by atoms with Gasteiger partial charge in [0, 0.05) is 5.02 Å². The third-order valence-electron chi connectivity index (χ3n) is 3.71. The zero-order chi connectivity index (χ0) is 14.2. The largest absolute Gasteiger partial charge is 0.0840 e. The molecule has 0 atom stereocenters. The second-order valence-corrected chi connectivity index (χ2v) is 5.90. The highest BCUT2D eigenvalue weighted by Gasteiger charge is 2.00. The van der Waals surface area contributed by atoms with Gasteiger partial charge in [-0.25, -0.2) is 0 Å². The molecule has 2 aromatic carbocycles. The highest BCUT2D eigenvalue weighted by atomic mass is 35.5. The fraction of sp³-hybridized carbons (Fsp3) is 0.368. The summed E-state index contributed by atoms with van der Waals surface area (Å²) in [6.07, 6.45) is 7.41. The van der Waals surface area contributed by atoms with Crippen LogP contribution in [0, 0.1) is 6.92 Å². The first-order valence-corrected chi connectivity index (χ1v) is 7.92. The summed E-state index contributed by atoms with van der Waals surface area (Å²) in [5, 5.41) is 0.925. The van der Waals surface area contributed by atoms with E-state index in [9.17, 15) is 0 Å². The van der Waals surface area contributed by atoms with Crippen LogP contribution in [0.5, 0.6) is 0 Å². The van der Waals surface area contributed by atoms with Gasteiger partial charge in [0.1, 0.15) is 0 Å².